The van der Waals surface area contributed by atoms with Gasteiger partial charge in [-0.2, -0.15) is 0 Å². The van der Waals surface area contributed by atoms with Crippen LogP contribution in [0.5, 0.6) is 0 Å². The third kappa shape index (κ3) is 6.85. The van der Waals surface area contributed by atoms with Crippen molar-refractivity contribution >= 4 is 29.0 Å². The predicted octanol–water partition coefficient (Wildman–Crippen LogP) is 5.40. The minimum atomic E-state index is -2.81. The third-order valence-corrected chi connectivity index (χ3v) is 7.81. The van der Waals surface area contributed by atoms with E-state index in [1.54, 1.807) is 13.8 Å². The summed E-state index contributed by atoms with van der Waals surface area (Å²) in [5.41, 5.74) is -1.32. The Labute approximate surface area is 226 Å². The van der Waals surface area contributed by atoms with E-state index in [0.29, 0.717) is 12.4 Å². The Kier molecular flexibility index (Phi) is 8.97. The fourth-order valence-corrected chi connectivity index (χ4v) is 5.68. The van der Waals surface area contributed by atoms with E-state index in [2.05, 4.69) is 20.6 Å². The summed E-state index contributed by atoms with van der Waals surface area (Å²) >= 11 is 0.891. The molecule has 2 aromatic heterocycles. The Morgan fingerprint density at radius 3 is 2.34 bits per heavy atom. The molecule has 4 heterocycles. The molecule has 1 saturated carbocycles. The van der Waals surface area contributed by atoms with Gasteiger partial charge in [-0.1, -0.05) is 26.2 Å². The molecule has 2 aromatic rings. The highest BCUT2D eigenvalue weighted by Crippen LogP contribution is 2.42. The molecule has 3 aliphatic rings. The van der Waals surface area contributed by atoms with Crippen LogP contribution in [0.4, 0.5) is 14.6 Å². The first-order chi connectivity index (χ1) is 18.1. The Morgan fingerprint density at radius 2 is 1.82 bits per heavy atom. The zero-order valence-electron chi connectivity index (χ0n) is 22.2. The fraction of sp³-hybridized carbons (Fsp3) is 0.630. The monoisotopic (exact) mass is 549 g/mol. The average Bonchev–Trinajstić information content (AvgIpc) is 3.49. The second kappa shape index (κ2) is 12.0. The maximum Gasteiger partial charge on any atom is 0.280 e. The van der Waals surface area contributed by atoms with E-state index in [9.17, 15) is 23.5 Å². The number of alkyl halides is 2. The molecule has 3 fully saturated rings. The van der Waals surface area contributed by atoms with Gasteiger partial charge >= 0.3 is 0 Å². The molecule has 5 rings (SSSR count). The van der Waals surface area contributed by atoms with Gasteiger partial charge in [-0.3, -0.25) is 9.59 Å². The number of amides is 2. The second-order valence-electron chi connectivity index (χ2n) is 10.8. The number of nitrogens with one attached hydrogen (secondary N) is 2. The number of carbonyl (C=O) groups excluding carboxylic acids is 2. The number of aliphatic hydroxyl groups is 1. The maximum absolute atomic E-state index is 14.1. The Bertz CT molecular complexity index is 1130. The van der Waals surface area contributed by atoms with E-state index in [1.807, 2.05) is 11.8 Å². The standard InChI is InChI=1S/C24H31F2N5O3S.C3H6/c1-4-9-27-17-10-15(20(25)26)16(11-28-17)19-18(23(33)31-13-5-6-14(31)8-7-13)30-22(35-19)21(32)29-12-24(2,3)34;1-2-3-1/h10-11,13-14,20,34H,4-9,12H2,1-3H3,(H,27,28)(H,29,32);1-3H2. The molecule has 2 aliphatic heterocycles. The number of fused-ring (bicyclic) bond motifs is 2. The third-order valence-electron chi connectivity index (χ3n) is 6.72. The smallest absolute Gasteiger partial charge is 0.280 e. The number of hydrogen-bond acceptors (Lipinski definition) is 7. The van der Waals surface area contributed by atoms with Crippen molar-refractivity contribution < 1.29 is 23.5 Å². The Hall–Kier alpha value is -2.66. The molecule has 3 N–H and O–H groups in total. The van der Waals surface area contributed by atoms with Gasteiger partial charge in [0.1, 0.15) is 11.5 Å². The van der Waals surface area contributed by atoms with Crippen LogP contribution in [-0.4, -0.2) is 62.6 Å². The summed E-state index contributed by atoms with van der Waals surface area (Å²) in [6, 6.07) is 1.52. The van der Waals surface area contributed by atoms with Gasteiger partial charge in [0.15, 0.2) is 5.01 Å². The normalized spacial score (nSPS) is 19.8. The fourth-order valence-electron chi connectivity index (χ4n) is 4.67. The van der Waals surface area contributed by atoms with Gasteiger partial charge in [-0.15, -0.1) is 11.3 Å². The van der Waals surface area contributed by atoms with Gasteiger partial charge in [0.05, 0.1) is 10.5 Å². The largest absolute Gasteiger partial charge is 0.389 e. The number of hydrogen-bond donors (Lipinski definition) is 3. The van der Waals surface area contributed by atoms with Crippen LogP contribution in [0.3, 0.4) is 0 Å². The molecule has 2 amide bonds. The highest BCUT2D eigenvalue weighted by Gasteiger charge is 2.44. The van der Waals surface area contributed by atoms with Crippen molar-refractivity contribution in [3.05, 3.63) is 28.5 Å². The first kappa shape index (κ1) is 28.4. The van der Waals surface area contributed by atoms with Crippen LogP contribution < -0.4 is 10.6 Å². The van der Waals surface area contributed by atoms with E-state index in [4.69, 9.17) is 0 Å². The zero-order valence-corrected chi connectivity index (χ0v) is 23.0. The highest BCUT2D eigenvalue weighted by molar-refractivity contribution is 7.17. The molecule has 0 spiro atoms. The summed E-state index contributed by atoms with van der Waals surface area (Å²) in [4.78, 5) is 37.1. The topological polar surface area (TPSA) is 107 Å². The number of aromatic nitrogens is 2. The first-order valence-corrected chi connectivity index (χ1v) is 14.3. The quantitative estimate of drug-likeness (QED) is 0.387. The average molecular weight is 550 g/mol. The van der Waals surface area contributed by atoms with Crippen molar-refractivity contribution in [1.29, 1.82) is 0 Å². The lowest BCUT2D eigenvalue weighted by molar-refractivity contribution is 0.0692. The zero-order chi connectivity index (χ0) is 27.4. The van der Waals surface area contributed by atoms with Crippen LogP contribution >= 0.6 is 11.3 Å². The second-order valence-corrected chi connectivity index (χ2v) is 11.8. The van der Waals surface area contributed by atoms with Crippen LogP contribution in [-0.2, 0) is 0 Å². The van der Waals surface area contributed by atoms with Gasteiger partial charge in [0, 0.05) is 42.5 Å². The van der Waals surface area contributed by atoms with E-state index >= 15 is 0 Å². The molecule has 2 saturated heterocycles. The molecule has 2 bridgehead atoms. The minimum absolute atomic E-state index is 0.000163. The molecule has 0 atom stereocenters. The SMILES string of the molecule is C1CC1.CCCNc1cc(C(F)F)c(-c2sc(C(=O)NCC(C)(C)O)nc2C(=O)N2C3CCC2CC3)cn1. The van der Waals surface area contributed by atoms with Gasteiger partial charge in [0.25, 0.3) is 18.2 Å². The number of thiazole rings is 1. The Balaban J connectivity index is 0.00000105. The van der Waals surface area contributed by atoms with Crippen molar-refractivity contribution in [3.63, 3.8) is 0 Å². The predicted molar refractivity (Wildman–Crippen MR) is 144 cm³/mol. The van der Waals surface area contributed by atoms with Crippen LogP contribution in [0.1, 0.15) is 104 Å². The highest BCUT2D eigenvalue weighted by atomic mass is 32.1. The molecule has 208 valence electrons. The Morgan fingerprint density at radius 1 is 1.18 bits per heavy atom. The number of nitrogens with zero attached hydrogens (tertiary/aromatic N) is 3. The molecule has 38 heavy (non-hydrogen) atoms. The van der Waals surface area contributed by atoms with Crippen molar-refractivity contribution in [2.45, 2.75) is 96.2 Å². The molecule has 0 unspecified atom stereocenters. The number of rotatable bonds is 9. The molecule has 0 radical (unpaired) electrons. The van der Waals surface area contributed by atoms with E-state index in [1.165, 1.54) is 31.5 Å². The number of halogens is 2. The van der Waals surface area contributed by atoms with Crippen LogP contribution in [0.25, 0.3) is 10.4 Å². The lowest BCUT2D eigenvalue weighted by atomic mass is 10.0. The van der Waals surface area contributed by atoms with E-state index in [-0.39, 0.29) is 51.2 Å². The van der Waals surface area contributed by atoms with Crippen LogP contribution in [0.15, 0.2) is 12.3 Å². The summed E-state index contributed by atoms with van der Waals surface area (Å²) in [6.45, 7) is 5.62. The minimum Gasteiger partial charge on any atom is -0.389 e. The van der Waals surface area contributed by atoms with Crippen molar-refractivity contribution in [2.75, 3.05) is 18.4 Å². The summed E-state index contributed by atoms with van der Waals surface area (Å²) in [5, 5.41) is 15.5. The lowest BCUT2D eigenvalue weighted by Crippen LogP contribution is -2.38. The number of carbonyl (C=O) groups is 2. The van der Waals surface area contributed by atoms with Crippen molar-refractivity contribution in [3.8, 4) is 10.4 Å². The lowest BCUT2D eigenvalue weighted by Gasteiger charge is -2.21. The molecule has 8 nitrogen and oxygen atoms in total. The molecule has 1 aliphatic carbocycles. The molecular formula is C27H37F2N5O3S. The first-order valence-electron chi connectivity index (χ1n) is 13.5. The van der Waals surface area contributed by atoms with Crippen LogP contribution in [0.2, 0.25) is 0 Å². The molecular weight excluding hydrogens is 512 g/mol. The molecule has 0 aromatic carbocycles. The van der Waals surface area contributed by atoms with E-state index < -0.39 is 17.9 Å². The van der Waals surface area contributed by atoms with E-state index in [0.717, 1.165) is 43.4 Å². The maximum atomic E-state index is 14.1. The summed E-state index contributed by atoms with van der Waals surface area (Å²) in [6.07, 6.45) is 7.47. The summed E-state index contributed by atoms with van der Waals surface area (Å²) in [5.74, 6) is -0.588. The number of anilines is 1. The number of pyridine rings is 1. The molecule has 11 heteroatoms. The summed E-state index contributed by atoms with van der Waals surface area (Å²) < 4.78 is 28.3. The summed E-state index contributed by atoms with van der Waals surface area (Å²) in [7, 11) is 0. The van der Waals surface area contributed by atoms with Crippen molar-refractivity contribution in [2.24, 2.45) is 0 Å². The van der Waals surface area contributed by atoms with Gasteiger partial charge in [0.2, 0.25) is 0 Å². The van der Waals surface area contributed by atoms with Crippen molar-refractivity contribution in [1.82, 2.24) is 20.2 Å². The van der Waals surface area contributed by atoms with Crippen LogP contribution in [0, 0.1) is 0 Å². The van der Waals surface area contributed by atoms with Gasteiger partial charge < -0.3 is 20.6 Å². The van der Waals surface area contributed by atoms with Gasteiger partial charge in [-0.05, 0) is 52.0 Å². The van der Waals surface area contributed by atoms with Gasteiger partial charge in [-0.25, -0.2) is 18.7 Å².